The van der Waals surface area contributed by atoms with Gasteiger partial charge in [0.1, 0.15) is 0 Å². The largest absolute Gasteiger partial charge is 0.318 e. The average Bonchev–Trinajstić information content (AvgIpc) is 2.63. The van der Waals surface area contributed by atoms with Crippen molar-refractivity contribution in [2.75, 3.05) is 5.32 Å². The summed E-state index contributed by atoms with van der Waals surface area (Å²) in [5.41, 5.74) is 3.65. The number of hydrogen-bond donors (Lipinski definition) is 1. The van der Waals surface area contributed by atoms with Gasteiger partial charge >= 0.3 is 0 Å². The topological polar surface area (TPSA) is 29.1 Å². The van der Waals surface area contributed by atoms with Gasteiger partial charge < -0.3 is 5.32 Å². The Labute approximate surface area is 119 Å². The predicted octanol–water partition coefficient (Wildman–Crippen LogP) is 4.64. The lowest BCUT2D eigenvalue weighted by Crippen LogP contribution is -2.03. The molecule has 1 heterocycles. The molecule has 0 spiro atoms. The molecule has 0 atom stereocenters. The minimum Gasteiger partial charge on any atom is -0.318 e. The van der Waals surface area contributed by atoms with E-state index in [9.17, 15) is 4.79 Å². The molecular weight excluding hydrogens is 254 g/mol. The van der Waals surface area contributed by atoms with Crippen molar-refractivity contribution in [1.29, 1.82) is 0 Å². The Bertz CT molecular complexity index is 531. The second-order valence-electron chi connectivity index (χ2n) is 4.76. The van der Waals surface area contributed by atoms with Crippen LogP contribution in [0.2, 0.25) is 0 Å². The van der Waals surface area contributed by atoms with E-state index in [-0.39, 0.29) is 5.91 Å². The summed E-state index contributed by atoms with van der Waals surface area (Å²) in [6.07, 6.45) is 6.92. The maximum absolute atomic E-state index is 11.0. The molecule has 0 aliphatic heterocycles. The van der Waals surface area contributed by atoms with E-state index in [1.807, 2.05) is 12.1 Å². The highest BCUT2D eigenvalue weighted by atomic mass is 32.1. The molecule has 1 N–H and O–H groups in total. The fraction of sp³-hybridized carbons (Fsp3) is 0.312. The summed E-state index contributed by atoms with van der Waals surface area (Å²) >= 11 is 1.62. The molecule has 3 heteroatoms. The van der Waals surface area contributed by atoms with Crippen LogP contribution >= 0.6 is 11.3 Å². The molecule has 2 nitrogen and oxygen atoms in total. The highest BCUT2D eigenvalue weighted by Crippen LogP contribution is 2.28. The Morgan fingerprint density at radius 1 is 1.37 bits per heavy atom. The SMILES string of the molecule is C=C/C(=C\C=C(C)C)Cc1sc(NC(C)=O)cc1C. The molecule has 0 radical (unpaired) electrons. The summed E-state index contributed by atoms with van der Waals surface area (Å²) in [4.78, 5) is 12.3. The molecule has 1 aromatic rings. The maximum Gasteiger partial charge on any atom is 0.221 e. The minimum absolute atomic E-state index is 0.0307. The minimum atomic E-state index is -0.0307. The van der Waals surface area contributed by atoms with Crippen LogP contribution in [0, 0.1) is 6.92 Å². The summed E-state index contributed by atoms with van der Waals surface area (Å²) in [6, 6.07) is 2.02. The van der Waals surface area contributed by atoms with Crippen LogP contribution in [0.4, 0.5) is 5.00 Å². The van der Waals surface area contributed by atoms with E-state index in [1.165, 1.54) is 28.5 Å². The lowest BCUT2D eigenvalue weighted by molar-refractivity contribution is -0.114. The standard InChI is InChI=1S/C16H21NOS/c1-6-14(8-7-11(2)3)10-15-12(4)9-16(19-15)17-13(5)18/h6-9H,1,10H2,2-5H3,(H,17,18)/b14-8+. The lowest BCUT2D eigenvalue weighted by Gasteiger charge is -2.00. The summed E-state index contributed by atoms with van der Waals surface area (Å²) in [5.74, 6) is -0.0307. The molecule has 0 unspecified atom stereocenters. The zero-order valence-corrected chi connectivity index (χ0v) is 12.9. The molecule has 1 rings (SSSR count). The number of amides is 1. The first-order chi connectivity index (χ1) is 8.92. The van der Waals surface area contributed by atoms with Crippen LogP contribution in [0.3, 0.4) is 0 Å². The molecule has 102 valence electrons. The van der Waals surface area contributed by atoms with Gasteiger partial charge in [-0.05, 0) is 38.0 Å². The number of hydrogen-bond acceptors (Lipinski definition) is 2. The second kappa shape index (κ2) is 7.10. The molecular formula is C16H21NOS. The van der Waals surface area contributed by atoms with Crippen LogP contribution in [0.1, 0.15) is 31.2 Å². The molecule has 0 aromatic carbocycles. The number of carbonyl (C=O) groups is 1. The van der Waals surface area contributed by atoms with E-state index in [0.717, 1.165) is 11.4 Å². The Kier molecular flexibility index (Phi) is 5.77. The Balaban J connectivity index is 2.89. The molecule has 0 aliphatic rings. The van der Waals surface area contributed by atoms with Crippen molar-refractivity contribution in [3.63, 3.8) is 0 Å². The number of rotatable bonds is 5. The zero-order valence-electron chi connectivity index (χ0n) is 12.0. The van der Waals surface area contributed by atoms with Crippen molar-refractivity contribution < 1.29 is 4.79 Å². The van der Waals surface area contributed by atoms with Crippen LogP contribution in [0.15, 0.2) is 42.0 Å². The van der Waals surface area contributed by atoms with E-state index < -0.39 is 0 Å². The number of aryl methyl sites for hydroxylation is 1. The number of anilines is 1. The van der Waals surface area contributed by atoms with E-state index in [2.05, 4.69) is 44.8 Å². The van der Waals surface area contributed by atoms with Gasteiger partial charge in [-0.1, -0.05) is 30.4 Å². The monoisotopic (exact) mass is 275 g/mol. The zero-order chi connectivity index (χ0) is 14.4. The van der Waals surface area contributed by atoms with E-state index in [0.29, 0.717) is 0 Å². The van der Waals surface area contributed by atoms with Crippen LogP contribution in [-0.4, -0.2) is 5.91 Å². The Morgan fingerprint density at radius 3 is 2.58 bits per heavy atom. The van der Waals surface area contributed by atoms with Crippen molar-refractivity contribution in [3.8, 4) is 0 Å². The third kappa shape index (κ3) is 5.26. The highest BCUT2D eigenvalue weighted by molar-refractivity contribution is 7.16. The highest BCUT2D eigenvalue weighted by Gasteiger charge is 2.07. The van der Waals surface area contributed by atoms with Gasteiger partial charge in [0.2, 0.25) is 5.91 Å². The first-order valence-corrected chi connectivity index (χ1v) is 7.07. The van der Waals surface area contributed by atoms with Crippen LogP contribution in [0.25, 0.3) is 0 Å². The quantitative estimate of drug-likeness (QED) is 0.779. The molecule has 19 heavy (non-hydrogen) atoms. The lowest BCUT2D eigenvalue weighted by atomic mass is 10.1. The van der Waals surface area contributed by atoms with Crippen LogP contribution in [-0.2, 0) is 11.2 Å². The molecule has 0 fully saturated rings. The average molecular weight is 275 g/mol. The predicted molar refractivity (Wildman–Crippen MR) is 84.8 cm³/mol. The van der Waals surface area contributed by atoms with Crippen molar-refractivity contribution in [3.05, 3.63) is 52.5 Å². The Morgan fingerprint density at radius 2 is 2.05 bits per heavy atom. The van der Waals surface area contributed by atoms with E-state index in [4.69, 9.17) is 0 Å². The third-order valence-electron chi connectivity index (χ3n) is 2.58. The fourth-order valence-corrected chi connectivity index (χ4v) is 2.74. The summed E-state index contributed by atoms with van der Waals surface area (Å²) < 4.78 is 0. The second-order valence-corrected chi connectivity index (χ2v) is 5.90. The third-order valence-corrected chi connectivity index (χ3v) is 3.73. The molecule has 0 bridgehead atoms. The van der Waals surface area contributed by atoms with Crippen molar-refractivity contribution in [2.24, 2.45) is 0 Å². The van der Waals surface area contributed by atoms with E-state index >= 15 is 0 Å². The summed E-state index contributed by atoms with van der Waals surface area (Å²) in [5, 5.41) is 3.74. The van der Waals surface area contributed by atoms with Gasteiger partial charge in [0.25, 0.3) is 0 Å². The fourth-order valence-electron chi connectivity index (χ4n) is 1.59. The number of thiophene rings is 1. The number of nitrogens with one attached hydrogen (secondary N) is 1. The van der Waals surface area contributed by atoms with Gasteiger partial charge in [0, 0.05) is 18.2 Å². The summed E-state index contributed by atoms with van der Waals surface area (Å²) in [6.45, 7) is 11.6. The Hall–Kier alpha value is -1.61. The van der Waals surface area contributed by atoms with Gasteiger partial charge in [-0.3, -0.25) is 4.79 Å². The first-order valence-electron chi connectivity index (χ1n) is 6.25. The smallest absolute Gasteiger partial charge is 0.221 e. The number of carbonyl (C=O) groups excluding carboxylic acids is 1. The van der Waals surface area contributed by atoms with Gasteiger partial charge in [0.15, 0.2) is 0 Å². The molecule has 1 aromatic heterocycles. The van der Waals surface area contributed by atoms with Gasteiger partial charge in [-0.2, -0.15) is 0 Å². The molecule has 0 saturated carbocycles. The molecule has 1 amide bonds. The summed E-state index contributed by atoms with van der Waals surface area (Å²) in [7, 11) is 0. The van der Waals surface area contributed by atoms with Gasteiger partial charge in [-0.15, -0.1) is 11.3 Å². The maximum atomic E-state index is 11.0. The van der Waals surface area contributed by atoms with Gasteiger partial charge in [-0.25, -0.2) is 0 Å². The van der Waals surface area contributed by atoms with Gasteiger partial charge in [0.05, 0.1) is 5.00 Å². The van der Waals surface area contributed by atoms with Crippen molar-refractivity contribution in [1.82, 2.24) is 0 Å². The van der Waals surface area contributed by atoms with Crippen LogP contribution in [0.5, 0.6) is 0 Å². The normalized spacial score (nSPS) is 11.1. The van der Waals surface area contributed by atoms with Crippen molar-refractivity contribution >= 4 is 22.2 Å². The number of allylic oxidation sites excluding steroid dienone is 5. The van der Waals surface area contributed by atoms with E-state index in [1.54, 1.807) is 11.3 Å². The van der Waals surface area contributed by atoms with Crippen LogP contribution < -0.4 is 5.32 Å². The van der Waals surface area contributed by atoms with Crippen molar-refractivity contribution in [2.45, 2.75) is 34.1 Å². The first kappa shape index (κ1) is 15.4. The molecule has 0 saturated heterocycles. The molecule has 0 aliphatic carbocycles.